The number of ether oxygens (including phenoxy) is 1. The van der Waals surface area contributed by atoms with E-state index in [0.717, 1.165) is 23.5 Å². The molecule has 0 amide bonds. The van der Waals surface area contributed by atoms with Crippen molar-refractivity contribution in [1.29, 1.82) is 0 Å². The average Bonchev–Trinajstić information content (AvgIpc) is 3.46. The number of nitrogens with zero attached hydrogens (tertiary/aromatic N) is 1. The molecule has 0 aliphatic rings. The summed E-state index contributed by atoms with van der Waals surface area (Å²) in [7, 11) is -5.29. The minimum atomic E-state index is -2.35. The SMILES string of the molecule is COC(=O)C[C@H](O[Si](C)(C)C(C)(C)C)C(C)(C)C(=O)[C@H](C)[C@@H](O[Si](C)(C)C(C)(C)C)[C@@H](C)/C=C\C/C(C)=C\C[C@H](O[Si](C)(C)C(C)(C)C)/C(C)=C/c1csc(C)n1. The molecule has 11 heteroatoms. The summed E-state index contributed by atoms with van der Waals surface area (Å²) < 4.78 is 26.2. The van der Waals surface area contributed by atoms with Crippen molar-refractivity contribution in [3.63, 3.8) is 0 Å². The van der Waals surface area contributed by atoms with Crippen molar-refractivity contribution >= 4 is 54.1 Å². The monoisotopic (exact) mass is 864 g/mol. The first-order valence-corrected chi connectivity index (χ1v) is 30.7. The highest BCUT2D eigenvalue weighted by Crippen LogP contribution is 2.44. The lowest BCUT2D eigenvalue weighted by Crippen LogP contribution is -2.54. The third-order valence-electron chi connectivity index (χ3n) is 13.2. The number of carbonyl (C=O) groups is 2. The number of aromatic nitrogens is 1. The Morgan fingerprint density at radius 2 is 1.30 bits per heavy atom. The fourth-order valence-corrected chi connectivity index (χ4v) is 10.7. The lowest BCUT2D eigenvalue weighted by molar-refractivity contribution is -0.148. The smallest absolute Gasteiger partial charge is 0.308 e. The van der Waals surface area contributed by atoms with Gasteiger partial charge in [-0.05, 0) is 106 Å². The van der Waals surface area contributed by atoms with Crippen molar-refractivity contribution in [3.05, 3.63) is 45.5 Å². The molecule has 1 heterocycles. The van der Waals surface area contributed by atoms with Gasteiger partial charge in [-0.25, -0.2) is 4.98 Å². The number of hydrogen-bond donors (Lipinski definition) is 0. The molecule has 0 unspecified atom stereocenters. The van der Waals surface area contributed by atoms with Crippen LogP contribution >= 0.6 is 11.3 Å². The summed E-state index contributed by atoms with van der Waals surface area (Å²) in [4.78, 5) is 32.3. The van der Waals surface area contributed by atoms with Crippen LogP contribution < -0.4 is 0 Å². The van der Waals surface area contributed by atoms with E-state index < -0.39 is 42.4 Å². The maximum Gasteiger partial charge on any atom is 0.308 e. The lowest BCUT2D eigenvalue weighted by Gasteiger charge is -2.46. The number of Topliss-reactive ketones (excluding diaryl/α,β-unsaturated/α-hetero) is 1. The van der Waals surface area contributed by atoms with Crippen molar-refractivity contribution in [2.75, 3.05) is 7.11 Å². The highest BCUT2D eigenvalue weighted by atomic mass is 32.1. The number of methoxy groups -OCH3 is 1. The van der Waals surface area contributed by atoms with Gasteiger partial charge in [-0.3, -0.25) is 9.59 Å². The summed E-state index contributed by atoms with van der Waals surface area (Å²) in [6.45, 7) is 48.0. The van der Waals surface area contributed by atoms with Gasteiger partial charge in [0.1, 0.15) is 5.78 Å². The second-order valence-corrected chi connectivity index (χ2v) is 37.0. The van der Waals surface area contributed by atoms with Crippen molar-refractivity contribution in [2.24, 2.45) is 17.3 Å². The molecule has 1 aromatic heterocycles. The predicted molar refractivity (Wildman–Crippen MR) is 253 cm³/mol. The van der Waals surface area contributed by atoms with Gasteiger partial charge in [-0.2, -0.15) is 0 Å². The number of carbonyl (C=O) groups excluding carboxylic acids is 2. The lowest BCUT2D eigenvalue weighted by atomic mass is 9.73. The van der Waals surface area contributed by atoms with Crippen molar-refractivity contribution in [2.45, 2.75) is 203 Å². The van der Waals surface area contributed by atoms with Gasteiger partial charge in [0.25, 0.3) is 0 Å². The van der Waals surface area contributed by atoms with Crippen LogP contribution in [0.4, 0.5) is 0 Å². The number of rotatable bonds is 20. The summed E-state index contributed by atoms with van der Waals surface area (Å²) >= 11 is 1.67. The topological polar surface area (TPSA) is 84.0 Å². The van der Waals surface area contributed by atoms with E-state index >= 15 is 0 Å². The minimum absolute atomic E-state index is 0.0188. The van der Waals surface area contributed by atoms with E-state index in [-0.39, 0.29) is 51.4 Å². The molecule has 0 N–H and O–H groups in total. The number of hydrogen-bond acceptors (Lipinski definition) is 8. The Bertz CT molecular complexity index is 1570. The number of esters is 1. The molecule has 0 aliphatic carbocycles. The van der Waals surface area contributed by atoms with Gasteiger partial charge < -0.3 is 18.0 Å². The average molecular weight is 865 g/mol. The zero-order chi connectivity index (χ0) is 44.8. The van der Waals surface area contributed by atoms with Crippen molar-refractivity contribution < 1.29 is 27.6 Å². The Morgan fingerprint density at radius 1 is 0.807 bits per heavy atom. The van der Waals surface area contributed by atoms with Crippen LogP contribution in [-0.4, -0.2) is 67.1 Å². The summed E-state index contributed by atoms with van der Waals surface area (Å²) in [6, 6.07) is 0. The van der Waals surface area contributed by atoms with E-state index in [1.165, 1.54) is 18.3 Å². The molecule has 7 nitrogen and oxygen atoms in total. The van der Waals surface area contributed by atoms with Crippen LogP contribution in [0.3, 0.4) is 0 Å². The Morgan fingerprint density at radius 3 is 1.75 bits per heavy atom. The second kappa shape index (κ2) is 20.4. The number of thiazole rings is 1. The number of ketones is 1. The summed E-state index contributed by atoms with van der Waals surface area (Å²) in [5.41, 5.74) is 2.48. The van der Waals surface area contributed by atoms with Gasteiger partial charge in [-0.15, -0.1) is 11.3 Å². The molecule has 0 aliphatic heterocycles. The molecule has 5 atom stereocenters. The summed E-state index contributed by atoms with van der Waals surface area (Å²) in [6.07, 6.45) is 9.53. The predicted octanol–water partition coefficient (Wildman–Crippen LogP) is 13.7. The molecule has 0 bridgehead atoms. The van der Waals surface area contributed by atoms with E-state index in [1.54, 1.807) is 11.3 Å². The molecule has 0 saturated carbocycles. The Balaban J connectivity index is 3.50. The summed E-state index contributed by atoms with van der Waals surface area (Å²) in [5, 5.41) is 3.12. The molecule has 1 aromatic rings. The van der Waals surface area contributed by atoms with Crippen LogP contribution in [0.1, 0.15) is 134 Å². The fourth-order valence-electron chi connectivity index (χ4n) is 5.89. The van der Waals surface area contributed by atoms with E-state index in [9.17, 15) is 9.59 Å². The third-order valence-corrected chi connectivity index (χ3v) is 27.5. The van der Waals surface area contributed by atoms with Crippen LogP contribution in [0.15, 0.2) is 34.8 Å². The van der Waals surface area contributed by atoms with Gasteiger partial charge in [0.05, 0.1) is 42.5 Å². The van der Waals surface area contributed by atoms with Crippen LogP contribution in [-0.2, 0) is 27.6 Å². The van der Waals surface area contributed by atoms with Crippen molar-refractivity contribution in [1.82, 2.24) is 4.98 Å². The highest BCUT2D eigenvalue weighted by Gasteiger charge is 2.50. The van der Waals surface area contributed by atoms with E-state index in [0.29, 0.717) is 0 Å². The molecule has 0 spiro atoms. The Hall–Kier alpha value is -1.48. The Labute approximate surface area is 357 Å². The van der Waals surface area contributed by atoms with Gasteiger partial charge in [-0.1, -0.05) is 114 Å². The molecule has 57 heavy (non-hydrogen) atoms. The maximum atomic E-state index is 14.8. The first-order chi connectivity index (χ1) is 25.5. The van der Waals surface area contributed by atoms with Crippen molar-refractivity contribution in [3.8, 4) is 0 Å². The zero-order valence-electron chi connectivity index (χ0n) is 40.7. The van der Waals surface area contributed by atoms with Gasteiger partial charge in [0, 0.05) is 16.7 Å². The molecule has 0 saturated heterocycles. The van der Waals surface area contributed by atoms with Crippen LogP contribution in [0.5, 0.6) is 0 Å². The van der Waals surface area contributed by atoms with Gasteiger partial charge in [0.2, 0.25) is 0 Å². The van der Waals surface area contributed by atoms with E-state index in [2.05, 4.69) is 157 Å². The molecule has 328 valence electrons. The molecule has 1 rings (SSSR count). The third kappa shape index (κ3) is 15.5. The first kappa shape index (κ1) is 53.5. The van der Waals surface area contributed by atoms with Crippen LogP contribution in [0.2, 0.25) is 54.4 Å². The molecular weight excluding hydrogens is 779 g/mol. The fraction of sp³-hybridized carbons (Fsp3) is 0.761. The maximum absolute atomic E-state index is 14.8. The molecule has 0 aromatic carbocycles. The normalized spacial score (nSPS) is 17.4. The number of allylic oxidation sites excluding steroid dienone is 2. The second-order valence-electron chi connectivity index (χ2n) is 21.7. The molecule has 0 radical (unpaired) electrons. The minimum Gasteiger partial charge on any atom is -0.469 e. The largest absolute Gasteiger partial charge is 0.469 e. The molecular formula is C46H85NO6SSi3. The van der Waals surface area contributed by atoms with Gasteiger partial charge in [0.15, 0.2) is 25.0 Å². The molecule has 0 fully saturated rings. The van der Waals surface area contributed by atoms with Crippen LogP contribution in [0, 0.1) is 24.2 Å². The van der Waals surface area contributed by atoms with Gasteiger partial charge >= 0.3 is 5.97 Å². The van der Waals surface area contributed by atoms with E-state index in [4.69, 9.17) is 18.0 Å². The first-order valence-electron chi connectivity index (χ1n) is 21.1. The highest BCUT2D eigenvalue weighted by molar-refractivity contribution is 7.09. The van der Waals surface area contributed by atoms with Crippen LogP contribution in [0.25, 0.3) is 6.08 Å². The zero-order valence-corrected chi connectivity index (χ0v) is 44.5. The summed E-state index contributed by atoms with van der Waals surface area (Å²) in [5.74, 6) is -0.819. The number of aryl methyl sites for hydroxylation is 1. The standard InChI is InChI=1S/C46H85NO6SSi3/c1-32(27-28-38(51-55(18,19)43(6,7)8)34(3)29-37-31-54-36(5)47-37)25-24-26-33(2)41(53-57(22,23)45(12,13)14)35(4)42(49)46(15,16)39(30-40(48)50-17)52-56(20,21)44(9,10)11/h24,26-27,29,31,33,35,38-39,41H,25,28,30H2,1-23H3/b26-24-,32-27-,34-29+/t33-,35+,38-,39-,41-/m0/s1. The van der Waals surface area contributed by atoms with E-state index in [1.807, 2.05) is 27.7 Å². The quantitative estimate of drug-likeness (QED) is 0.0733. The Kier molecular flexibility index (Phi) is 19.2.